The number of rotatable bonds is 7. The Morgan fingerprint density at radius 3 is 2.63 bits per heavy atom. The van der Waals surface area contributed by atoms with Gasteiger partial charge in [0.05, 0.1) is 6.42 Å². The molecule has 6 heteroatoms. The number of hydrogen-bond donors (Lipinski definition) is 1. The quantitative estimate of drug-likeness (QED) is 0.781. The van der Waals surface area contributed by atoms with Gasteiger partial charge in [0, 0.05) is 30.7 Å². The van der Waals surface area contributed by atoms with E-state index < -0.39 is 5.97 Å². The summed E-state index contributed by atoms with van der Waals surface area (Å²) in [7, 11) is 1.57. The molecule has 1 aromatic carbocycles. The van der Waals surface area contributed by atoms with Gasteiger partial charge < -0.3 is 10.0 Å². The fourth-order valence-electron chi connectivity index (χ4n) is 1.39. The third-order valence-electron chi connectivity index (χ3n) is 2.50. The molecule has 0 aromatic heterocycles. The molecule has 1 amide bonds. The molecule has 0 saturated carbocycles. The van der Waals surface area contributed by atoms with Crippen LogP contribution in [0.2, 0.25) is 0 Å². The molecule has 0 fully saturated rings. The number of carboxylic acids is 1. The van der Waals surface area contributed by atoms with Crippen LogP contribution in [0.4, 0.5) is 4.39 Å². The molecule has 1 rings (SSSR count). The lowest BCUT2D eigenvalue weighted by Crippen LogP contribution is -2.29. The summed E-state index contributed by atoms with van der Waals surface area (Å²) < 4.78 is 13.3. The number of aliphatic carboxylic acids is 1. The monoisotopic (exact) mass is 285 g/mol. The van der Waals surface area contributed by atoms with Crippen molar-refractivity contribution in [2.45, 2.75) is 17.7 Å². The molecule has 0 saturated heterocycles. The van der Waals surface area contributed by atoms with Gasteiger partial charge in [-0.15, -0.1) is 11.8 Å². The Morgan fingerprint density at radius 1 is 1.32 bits per heavy atom. The highest BCUT2D eigenvalue weighted by atomic mass is 32.2. The Morgan fingerprint density at radius 2 is 2.00 bits per heavy atom. The first-order valence-corrected chi connectivity index (χ1v) is 6.82. The number of benzene rings is 1. The molecule has 0 atom stereocenters. The first-order valence-electron chi connectivity index (χ1n) is 5.84. The number of hydrogen-bond acceptors (Lipinski definition) is 3. The lowest BCUT2D eigenvalue weighted by molar-refractivity contribution is -0.138. The van der Waals surface area contributed by atoms with Gasteiger partial charge in [0.25, 0.3) is 0 Å². The second-order valence-electron chi connectivity index (χ2n) is 3.99. The number of halogens is 1. The van der Waals surface area contributed by atoms with Crippen LogP contribution >= 0.6 is 11.8 Å². The molecule has 0 aliphatic carbocycles. The lowest BCUT2D eigenvalue weighted by atomic mass is 10.3. The van der Waals surface area contributed by atoms with Crippen LogP contribution in [0.3, 0.4) is 0 Å². The van der Waals surface area contributed by atoms with Crippen molar-refractivity contribution in [3.8, 4) is 0 Å². The Balaban J connectivity index is 2.31. The molecule has 19 heavy (non-hydrogen) atoms. The molecular weight excluding hydrogens is 269 g/mol. The van der Waals surface area contributed by atoms with Gasteiger partial charge in [-0.1, -0.05) is 12.1 Å². The predicted molar refractivity (Wildman–Crippen MR) is 71.6 cm³/mol. The molecule has 0 spiro atoms. The standard InChI is InChI=1S/C13H16FNO3S/c1-15(8-6-13(17)18)12(16)7-9-19-11-5-3-2-4-10(11)14/h2-5H,6-9H2,1H3,(H,17,18). The van der Waals surface area contributed by atoms with E-state index >= 15 is 0 Å². The average Bonchev–Trinajstić information content (AvgIpc) is 2.38. The number of amides is 1. The van der Waals surface area contributed by atoms with E-state index in [0.717, 1.165) is 0 Å². The van der Waals surface area contributed by atoms with E-state index in [9.17, 15) is 14.0 Å². The fraction of sp³-hybridized carbons (Fsp3) is 0.385. The van der Waals surface area contributed by atoms with Crippen molar-refractivity contribution in [1.82, 2.24) is 4.90 Å². The van der Waals surface area contributed by atoms with E-state index in [1.807, 2.05) is 0 Å². The second kappa shape index (κ2) is 7.78. The molecular formula is C13H16FNO3S. The van der Waals surface area contributed by atoms with Crippen LogP contribution in [0.15, 0.2) is 29.2 Å². The van der Waals surface area contributed by atoms with E-state index in [0.29, 0.717) is 10.6 Å². The van der Waals surface area contributed by atoms with Crippen LogP contribution in [0.1, 0.15) is 12.8 Å². The average molecular weight is 285 g/mol. The number of carbonyl (C=O) groups excluding carboxylic acids is 1. The van der Waals surface area contributed by atoms with Gasteiger partial charge in [0.15, 0.2) is 0 Å². The van der Waals surface area contributed by atoms with Crippen LogP contribution in [0.5, 0.6) is 0 Å². The third-order valence-corrected chi connectivity index (χ3v) is 3.55. The number of thioether (sulfide) groups is 1. The van der Waals surface area contributed by atoms with Gasteiger partial charge in [-0.2, -0.15) is 0 Å². The highest BCUT2D eigenvalue weighted by Gasteiger charge is 2.10. The zero-order chi connectivity index (χ0) is 14.3. The summed E-state index contributed by atoms with van der Waals surface area (Å²) in [6.07, 6.45) is 0.192. The molecule has 0 radical (unpaired) electrons. The maximum Gasteiger partial charge on any atom is 0.305 e. The number of nitrogens with zero attached hydrogens (tertiary/aromatic N) is 1. The number of carbonyl (C=O) groups is 2. The minimum atomic E-state index is -0.930. The maximum atomic E-state index is 13.3. The summed E-state index contributed by atoms with van der Waals surface area (Å²) in [5.41, 5.74) is 0. The van der Waals surface area contributed by atoms with Gasteiger partial charge in [0.2, 0.25) is 5.91 Å². The summed E-state index contributed by atoms with van der Waals surface area (Å²) in [6.45, 7) is 0.193. The molecule has 0 bridgehead atoms. The molecule has 0 unspecified atom stereocenters. The predicted octanol–water partition coefficient (Wildman–Crippen LogP) is 2.24. The van der Waals surface area contributed by atoms with Crippen molar-refractivity contribution in [3.63, 3.8) is 0 Å². The third kappa shape index (κ3) is 5.74. The molecule has 104 valence electrons. The first kappa shape index (κ1) is 15.5. The SMILES string of the molecule is CN(CCC(=O)O)C(=O)CCSc1ccccc1F. The summed E-state index contributed by atoms with van der Waals surface area (Å²) >= 11 is 1.28. The van der Waals surface area contributed by atoms with Crippen molar-refractivity contribution in [2.24, 2.45) is 0 Å². The van der Waals surface area contributed by atoms with Crippen molar-refractivity contribution in [1.29, 1.82) is 0 Å². The number of carboxylic acid groups (broad SMARTS) is 1. The smallest absolute Gasteiger partial charge is 0.305 e. The van der Waals surface area contributed by atoms with Crippen LogP contribution in [0.25, 0.3) is 0 Å². The van der Waals surface area contributed by atoms with Gasteiger partial charge in [-0.25, -0.2) is 4.39 Å². The highest BCUT2D eigenvalue weighted by Crippen LogP contribution is 2.21. The molecule has 0 aliphatic heterocycles. The molecule has 0 aliphatic rings. The van der Waals surface area contributed by atoms with E-state index in [1.165, 1.54) is 22.7 Å². The summed E-state index contributed by atoms with van der Waals surface area (Å²) in [5.74, 6) is -0.887. The summed E-state index contributed by atoms with van der Waals surface area (Å²) in [6, 6.07) is 6.40. The molecule has 4 nitrogen and oxygen atoms in total. The van der Waals surface area contributed by atoms with Crippen LogP contribution < -0.4 is 0 Å². The van der Waals surface area contributed by atoms with Crippen LogP contribution in [-0.2, 0) is 9.59 Å². The first-order chi connectivity index (χ1) is 9.00. The lowest BCUT2D eigenvalue weighted by Gasteiger charge is -2.15. The fourth-order valence-corrected chi connectivity index (χ4v) is 2.27. The Bertz CT molecular complexity index is 453. The highest BCUT2D eigenvalue weighted by molar-refractivity contribution is 7.99. The summed E-state index contributed by atoms with van der Waals surface area (Å²) in [5, 5.41) is 8.52. The Labute approximate surface area is 115 Å². The molecule has 1 aromatic rings. The Kier molecular flexibility index (Phi) is 6.35. The van der Waals surface area contributed by atoms with E-state index in [-0.39, 0.29) is 31.1 Å². The van der Waals surface area contributed by atoms with Crippen LogP contribution in [-0.4, -0.2) is 41.2 Å². The van der Waals surface area contributed by atoms with Crippen molar-refractivity contribution in [3.05, 3.63) is 30.1 Å². The van der Waals surface area contributed by atoms with E-state index in [2.05, 4.69) is 0 Å². The Hall–Kier alpha value is -1.56. The van der Waals surface area contributed by atoms with Gasteiger partial charge in [-0.3, -0.25) is 9.59 Å². The minimum Gasteiger partial charge on any atom is -0.481 e. The minimum absolute atomic E-state index is 0.0668. The van der Waals surface area contributed by atoms with Crippen molar-refractivity contribution < 1.29 is 19.1 Å². The summed E-state index contributed by atoms with van der Waals surface area (Å²) in [4.78, 5) is 23.9. The van der Waals surface area contributed by atoms with Crippen LogP contribution in [0, 0.1) is 5.82 Å². The zero-order valence-electron chi connectivity index (χ0n) is 10.6. The van der Waals surface area contributed by atoms with Crippen molar-refractivity contribution in [2.75, 3.05) is 19.3 Å². The van der Waals surface area contributed by atoms with Gasteiger partial charge in [-0.05, 0) is 12.1 Å². The largest absolute Gasteiger partial charge is 0.481 e. The van der Waals surface area contributed by atoms with E-state index in [4.69, 9.17) is 5.11 Å². The normalized spacial score (nSPS) is 10.2. The van der Waals surface area contributed by atoms with Gasteiger partial charge in [0.1, 0.15) is 5.82 Å². The maximum absolute atomic E-state index is 13.3. The van der Waals surface area contributed by atoms with E-state index in [1.54, 1.807) is 25.2 Å². The topological polar surface area (TPSA) is 57.6 Å². The molecule has 1 N–H and O–H groups in total. The second-order valence-corrected chi connectivity index (χ2v) is 5.12. The van der Waals surface area contributed by atoms with Gasteiger partial charge >= 0.3 is 5.97 Å². The molecule has 0 heterocycles. The zero-order valence-corrected chi connectivity index (χ0v) is 11.5. The van der Waals surface area contributed by atoms with Crippen molar-refractivity contribution >= 4 is 23.6 Å².